The van der Waals surface area contributed by atoms with Gasteiger partial charge in [-0.2, -0.15) is 0 Å². The zero-order valence-corrected chi connectivity index (χ0v) is 15.1. The topological polar surface area (TPSA) is 101 Å². The van der Waals surface area contributed by atoms with Crippen molar-refractivity contribution in [2.45, 2.75) is 18.9 Å². The largest absolute Gasteiger partial charge is 0.379 e. The Kier molecular flexibility index (Phi) is 6.35. The number of nitrogens with two attached hydrogens (primary N) is 1. The molecule has 2 fully saturated rings. The summed E-state index contributed by atoms with van der Waals surface area (Å²) in [7, 11) is 0. The Morgan fingerprint density at radius 1 is 1.40 bits per heavy atom. The second kappa shape index (κ2) is 8.70. The molecule has 3 N–H and O–H groups in total. The smallest absolute Gasteiger partial charge is 0.271 e. The predicted octanol–water partition coefficient (Wildman–Crippen LogP) is -0.693. The molecule has 1 atom stereocenters. The third kappa shape index (κ3) is 4.97. The highest BCUT2D eigenvalue weighted by atomic mass is 32.1. The quantitative estimate of drug-likeness (QED) is 0.661. The zero-order valence-electron chi connectivity index (χ0n) is 14.3. The Labute approximate surface area is 151 Å². The molecule has 2 aliphatic rings. The molecule has 1 aromatic rings. The van der Waals surface area contributed by atoms with Crippen molar-refractivity contribution in [1.82, 2.24) is 20.1 Å². The number of hydrogen-bond acceptors (Lipinski definition) is 7. The number of carbonyl (C=O) groups excluding carboxylic acids is 2. The normalized spacial score (nSPS) is 21.7. The summed E-state index contributed by atoms with van der Waals surface area (Å²) in [4.78, 5) is 32.9. The highest BCUT2D eigenvalue weighted by molar-refractivity contribution is 7.09. The van der Waals surface area contributed by atoms with Crippen molar-refractivity contribution in [3.8, 4) is 0 Å². The molecule has 2 amide bonds. The molecule has 138 valence electrons. The van der Waals surface area contributed by atoms with Crippen LogP contribution in [0.3, 0.4) is 0 Å². The maximum atomic E-state index is 12.3. The van der Waals surface area contributed by atoms with Gasteiger partial charge in [0.2, 0.25) is 5.91 Å². The summed E-state index contributed by atoms with van der Waals surface area (Å²) in [5.41, 5.74) is 5.91. The molecule has 0 aliphatic carbocycles. The number of hydrogen-bond donors (Lipinski definition) is 2. The average molecular weight is 367 g/mol. The summed E-state index contributed by atoms with van der Waals surface area (Å²) >= 11 is 1.44. The van der Waals surface area contributed by atoms with Crippen LogP contribution in [0.5, 0.6) is 0 Å². The van der Waals surface area contributed by atoms with Gasteiger partial charge >= 0.3 is 0 Å². The van der Waals surface area contributed by atoms with Gasteiger partial charge in [0.05, 0.1) is 24.3 Å². The van der Waals surface area contributed by atoms with Gasteiger partial charge in [-0.05, 0) is 6.54 Å². The summed E-state index contributed by atoms with van der Waals surface area (Å²) < 4.78 is 5.33. The van der Waals surface area contributed by atoms with Gasteiger partial charge in [0.25, 0.3) is 5.91 Å². The Bertz CT molecular complexity index is 602. The molecule has 0 bridgehead atoms. The van der Waals surface area contributed by atoms with E-state index in [1.807, 2.05) is 4.90 Å². The summed E-state index contributed by atoms with van der Waals surface area (Å²) in [6.07, 6.45) is 1.03. The van der Waals surface area contributed by atoms with Crippen LogP contribution in [0.25, 0.3) is 0 Å². The van der Waals surface area contributed by atoms with Gasteiger partial charge in [-0.25, -0.2) is 4.98 Å². The van der Waals surface area contributed by atoms with E-state index < -0.39 is 0 Å². The Balaban J connectivity index is 1.45. The molecule has 25 heavy (non-hydrogen) atoms. The van der Waals surface area contributed by atoms with E-state index in [-0.39, 0.29) is 17.9 Å². The van der Waals surface area contributed by atoms with Gasteiger partial charge in [-0.1, -0.05) is 0 Å². The first-order valence-corrected chi connectivity index (χ1v) is 9.57. The molecule has 2 saturated heterocycles. The second-order valence-corrected chi connectivity index (χ2v) is 7.28. The fourth-order valence-corrected chi connectivity index (χ4v) is 3.88. The van der Waals surface area contributed by atoms with E-state index in [4.69, 9.17) is 10.5 Å². The minimum atomic E-state index is -0.215. The van der Waals surface area contributed by atoms with Gasteiger partial charge < -0.3 is 20.7 Å². The predicted molar refractivity (Wildman–Crippen MR) is 94.6 cm³/mol. The molecule has 8 nitrogen and oxygen atoms in total. The lowest BCUT2D eigenvalue weighted by atomic mass is 10.2. The SMILES string of the molecule is NCCc1nc(C(=O)NC2CC(=O)N(CCN3CCOCC3)C2)cs1. The number of nitrogens with zero attached hydrogens (tertiary/aromatic N) is 3. The molecule has 9 heteroatoms. The molecule has 0 saturated carbocycles. The molecule has 0 spiro atoms. The van der Waals surface area contributed by atoms with Gasteiger partial charge in [0.15, 0.2) is 0 Å². The van der Waals surface area contributed by atoms with Crippen LogP contribution in [0.4, 0.5) is 0 Å². The van der Waals surface area contributed by atoms with E-state index >= 15 is 0 Å². The number of likely N-dealkylation sites (tertiary alicyclic amines) is 1. The van der Waals surface area contributed by atoms with E-state index in [9.17, 15) is 9.59 Å². The zero-order chi connectivity index (χ0) is 17.6. The number of nitrogens with one attached hydrogen (secondary N) is 1. The third-order valence-corrected chi connectivity index (χ3v) is 5.39. The van der Waals surface area contributed by atoms with Gasteiger partial charge in [-0.15, -0.1) is 11.3 Å². The van der Waals surface area contributed by atoms with Crippen molar-refractivity contribution in [1.29, 1.82) is 0 Å². The molecule has 3 heterocycles. The number of rotatable bonds is 7. The van der Waals surface area contributed by atoms with Crippen LogP contribution < -0.4 is 11.1 Å². The standard InChI is InChI=1S/C16H25N5O3S/c17-2-1-14-19-13(11-25-14)16(23)18-12-9-15(22)21(10-12)4-3-20-5-7-24-8-6-20/h11-12H,1-10,17H2,(H,18,23). The molecule has 0 aromatic carbocycles. The summed E-state index contributed by atoms with van der Waals surface area (Å²) in [5, 5.41) is 5.53. The first kappa shape index (κ1) is 18.2. The summed E-state index contributed by atoms with van der Waals surface area (Å²) in [6.45, 7) is 5.97. The minimum absolute atomic E-state index is 0.0978. The number of amides is 2. The number of carbonyl (C=O) groups is 2. The van der Waals surface area contributed by atoms with Crippen molar-refractivity contribution in [2.24, 2.45) is 5.73 Å². The van der Waals surface area contributed by atoms with Gasteiger partial charge in [-0.3, -0.25) is 14.5 Å². The lowest BCUT2D eigenvalue weighted by molar-refractivity contribution is -0.128. The molecule has 0 radical (unpaired) electrons. The van der Waals surface area contributed by atoms with Crippen molar-refractivity contribution < 1.29 is 14.3 Å². The highest BCUT2D eigenvalue weighted by Gasteiger charge is 2.31. The first-order valence-electron chi connectivity index (χ1n) is 8.69. The molecule has 3 rings (SSSR count). The van der Waals surface area contributed by atoms with E-state index in [0.717, 1.165) is 37.9 Å². The number of morpholine rings is 1. The van der Waals surface area contributed by atoms with Gasteiger partial charge in [0.1, 0.15) is 5.69 Å². The molecule has 2 aliphatic heterocycles. The fourth-order valence-electron chi connectivity index (χ4n) is 3.08. The molecule has 1 unspecified atom stereocenters. The molecular weight excluding hydrogens is 342 g/mol. The summed E-state index contributed by atoms with van der Waals surface area (Å²) in [5.74, 6) is -0.118. The Hall–Kier alpha value is -1.55. The highest BCUT2D eigenvalue weighted by Crippen LogP contribution is 2.14. The monoisotopic (exact) mass is 367 g/mol. The van der Waals surface area contributed by atoms with Crippen LogP contribution >= 0.6 is 11.3 Å². The van der Waals surface area contributed by atoms with Crippen LogP contribution in [0.2, 0.25) is 0 Å². The minimum Gasteiger partial charge on any atom is -0.379 e. The summed E-state index contributed by atoms with van der Waals surface area (Å²) in [6, 6.07) is -0.149. The van der Waals surface area contributed by atoms with Crippen LogP contribution in [-0.2, 0) is 16.0 Å². The molecular formula is C16H25N5O3S. The Morgan fingerprint density at radius 2 is 2.20 bits per heavy atom. The van der Waals surface area contributed by atoms with Crippen molar-refractivity contribution in [3.63, 3.8) is 0 Å². The maximum absolute atomic E-state index is 12.3. The van der Waals surface area contributed by atoms with E-state index in [1.165, 1.54) is 11.3 Å². The van der Waals surface area contributed by atoms with Crippen LogP contribution in [0.15, 0.2) is 5.38 Å². The number of ether oxygens (including phenoxy) is 1. The average Bonchev–Trinajstić information content (AvgIpc) is 3.21. The first-order chi connectivity index (χ1) is 12.2. The maximum Gasteiger partial charge on any atom is 0.271 e. The van der Waals surface area contributed by atoms with Crippen molar-refractivity contribution in [3.05, 3.63) is 16.1 Å². The number of aromatic nitrogens is 1. The lowest BCUT2D eigenvalue weighted by Crippen LogP contribution is -2.42. The fraction of sp³-hybridized carbons (Fsp3) is 0.688. The Morgan fingerprint density at radius 3 is 2.96 bits per heavy atom. The van der Waals surface area contributed by atoms with E-state index in [2.05, 4.69) is 15.2 Å². The van der Waals surface area contributed by atoms with Crippen molar-refractivity contribution in [2.75, 3.05) is 52.5 Å². The van der Waals surface area contributed by atoms with E-state index in [1.54, 1.807) is 5.38 Å². The number of thiazole rings is 1. The van der Waals surface area contributed by atoms with Crippen LogP contribution in [0.1, 0.15) is 21.9 Å². The van der Waals surface area contributed by atoms with Crippen molar-refractivity contribution >= 4 is 23.2 Å². The molecule has 1 aromatic heterocycles. The van der Waals surface area contributed by atoms with Crippen LogP contribution in [0, 0.1) is 0 Å². The van der Waals surface area contributed by atoms with Gasteiger partial charge in [0, 0.05) is 50.9 Å². The second-order valence-electron chi connectivity index (χ2n) is 6.33. The lowest BCUT2D eigenvalue weighted by Gasteiger charge is -2.28. The third-order valence-electron chi connectivity index (χ3n) is 4.48. The van der Waals surface area contributed by atoms with Crippen LogP contribution in [-0.4, -0.2) is 85.1 Å². The van der Waals surface area contributed by atoms with E-state index in [0.29, 0.717) is 38.2 Å².